The number of para-hydroxylation sites is 2. The predicted octanol–water partition coefficient (Wildman–Crippen LogP) is 3.16. The zero-order valence-electron chi connectivity index (χ0n) is 14.5. The fourth-order valence-electron chi connectivity index (χ4n) is 2.24. The van der Waals surface area contributed by atoms with Gasteiger partial charge in [0.15, 0.2) is 6.61 Å². The van der Waals surface area contributed by atoms with Gasteiger partial charge in [0.25, 0.3) is 5.69 Å². The number of rotatable bonds is 5. The fraction of sp³-hybridized carbons (Fsp3) is 0.333. The van der Waals surface area contributed by atoms with Gasteiger partial charge in [-0.3, -0.25) is 15.9 Å². The van der Waals surface area contributed by atoms with Gasteiger partial charge in [0, 0.05) is 16.9 Å². The summed E-state index contributed by atoms with van der Waals surface area (Å²) in [5.74, 6) is 0.0667. The number of nitrogens with one attached hydrogen (secondary N) is 1. The number of hydrogen-bond acceptors (Lipinski definition) is 6. The maximum absolute atomic E-state index is 11.7. The van der Waals surface area contributed by atoms with Gasteiger partial charge < -0.3 is 9.47 Å². The summed E-state index contributed by atoms with van der Waals surface area (Å²) in [6.07, 6.45) is 5.43. The summed E-state index contributed by atoms with van der Waals surface area (Å²) in [6.45, 7) is 5.16. The van der Waals surface area contributed by atoms with Crippen molar-refractivity contribution >= 4 is 23.1 Å². The van der Waals surface area contributed by atoms with E-state index in [1.165, 1.54) is 0 Å². The van der Waals surface area contributed by atoms with Gasteiger partial charge in [-0.15, -0.1) is 0 Å². The van der Waals surface area contributed by atoms with Crippen molar-refractivity contribution in [2.45, 2.75) is 32.8 Å². The average molecular weight is 347 g/mol. The van der Waals surface area contributed by atoms with E-state index in [-0.39, 0.29) is 13.0 Å². The summed E-state index contributed by atoms with van der Waals surface area (Å²) in [6, 6.07) is 6.75. The number of carbonyl (C=O) groups excluding carboxylic acids is 1. The number of allylic oxidation sites excluding steroid dienone is 4. The lowest BCUT2D eigenvalue weighted by molar-refractivity contribution is -0.712. The Morgan fingerprint density at radius 3 is 2.72 bits per heavy atom. The summed E-state index contributed by atoms with van der Waals surface area (Å²) in [7, 11) is 0. The molecule has 0 fully saturated rings. The highest BCUT2D eigenvalue weighted by molar-refractivity contribution is 5.94. The van der Waals surface area contributed by atoms with Crippen molar-refractivity contribution in [2.24, 2.45) is 0 Å². The fourth-order valence-corrected chi connectivity index (χ4v) is 2.24. The first-order chi connectivity index (χ1) is 11.8. The van der Waals surface area contributed by atoms with Crippen LogP contribution in [0.4, 0.5) is 11.4 Å². The SMILES string of the molecule is CC(C)(C)OC(=O)COC1=CC=C/C(=[N+](\O)c2ccccc2NO)C1. The Balaban J connectivity index is 2.06. The van der Waals surface area contributed by atoms with E-state index in [0.717, 1.165) is 4.74 Å². The Labute approximate surface area is 146 Å². The molecule has 0 saturated carbocycles. The van der Waals surface area contributed by atoms with Gasteiger partial charge >= 0.3 is 5.97 Å². The molecule has 25 heavy (non-hydrogen) atoms. The zero-order chi connectivity index (χ0) is 18.4. The molecule has 0 saturated heterocycles. The normalized spacial score (nSPS) is 16.1. The molecule has 0 bridgehead atoms. The van der Waals surface area contributed by atoms with Gasteiger partial charge in [0.2, 0.25) is 5.71 Å². The van der Waals surface area contributed by atoms with Crippen LogP contribution >= 0.6 is 0 Å². The maximum Gasteiger partial charge on any atom is 0.344 e. The predicted molar refractivity (Wildman–Crippen MR) is 92.2 cm³/mol. The van der Waals surface area contributed by atoms with Crippen LogP contribution in [-0.4, -0.2) is 39.0 Å². The summed E-state index contributed by atoms with van der Waals surface area (Å²) >= 11 is 0. The first-order valence-electron chi connectivity index (χ1n) is 7.86. The second-order valence-corrected chi connectivity index (χ2v) is 6.48. The first-order valence-corrected chi connectivity index (χ1v) is 7.86. The van der Waals surface area contributed by atoms with Gasteiger partial charge in [0.05, 0.1) is 6.42 Å². The lowest BCUT2D eigenvalue weighted by Gasteiger charge is -2.20. The quantitative estimate of drug-likeness (QED) is 0.328. The molecular weight excluding hydrogens is 324 g/mol. The van der Waals surface area contributed by atoms with E-state index in [2.05, 4.69) is 0 Å². The van der Waals surface area contributed by atoms with Gasteiger partial charge in [-0.2, -0.15) is 0 Å². The Hall–Kier alpha value is -2.80. The monoisotopic (exact) mass is 347 g/mol. The molecule has 7 nitrogen and oxygen atoms in total. The van der Waals surface area contributed by atoms with Crippen LogP contribution in [0.25, 0.3) is 0 Å². The molecule has 3 N–H and O–H groups in total. The first kappa shape index (κ1) is 18.5. The van der Waals surface area contributed by atoms with Crippen molar-refractivity contribution < 1.29 is 29.4 Å². The van der Waals surface area contributed by atoms with E-state index in [0.29, 0.717) is 22.8 Å². The second kappa shape index (κ2) is 7.85. The van der Waals surface area contributed by atoms with Crippen molar-refractivity contribution in [3.05, 3.63) is 48.3 Å². The minimum Gasteiger partial charge on any atom is -0.486 e. The van der Waals surface area contributed by atoms with E-state index >= 15 is 0 Å². The Kier molecular flexibility index (Phi) is 5.82. The number of esters is 1. The molecular formula is C18H23N2O5+. The number of anilines is 1. The van der Waals surface area contributed by atoms with Gasteiger partial charge in [-0.1, -0.05) is 18.2 Å². The summed E-state index contributed by atoms with van der Waals surface area (Å²) in [5.41, 5.74) is 2.75. The second-order valence-electron chi connectivity index (χ2n) is 6.48. The molecule has 0 amide bonds. The minimum absolute atomic E-state index is 0.204. The van der Waals surface area contributed by atoms with Gasteiger partial charge in [0.1, 0.15) is 17.0 Å². The number of ether oxygens (including phenoxy) is 2. The van der Waals surface area contributed by atoms with Crippen LogP contribution in [0.5, 0.6) is 0 Å². The molecule has 0 atom stereocenters. The van der Waals surface area contributed by atoms with Crippen LogP contribution in [-0.2, 0) is 14.3 Å². The molecule has 0 aromatic heterocycles. The van der Waals surface area contributed by atoms with Gasteiger partial charge in [-0.05, 0) is 32.9 Å². The van der Waals surface area contributed by atoms with E-state index in [1.807, 2.05) is 5.48 Å². The van der Waals surface area contributed by atoms with Crippen LogP contribution < -0.4 is 5.48 Å². The minimum atomic E-state index is -0.568. The van der Waals surface area contributed by atoms with E-state index in [4.69, 9.17) is 14.7 Å². The van der Waals surface area contributed by atoms with Crippen molar-refractivity contribution in [1.82, 2.24) is 0 Å². The molecule has 0 heterocycles. The molecule has 1 aliphatic carbocycles. The van der Waals surface area contributed by atoms with Crippen LogP contribution in [0.3, 0.4) is 0 Å². The highest BCUT2D eigenvalue weighted by atomic mass is 16.6. The summed E-state index contributed by atoms with van der Waals surface area (Å²) in [4.78, 5) is 11.7. The van der Waals surface area contributed by atoms with Crippen LogP contribution in [0.15, 0.2) is 48.3 Å². The standard InChI is InChI=1S/C18H23N2O5/c1-18(2,3)25-17(21)12-24-14-8-6-7-13(11-14)20(23)16-10-5-4-9-15(16)19-22/h4-10,19,22-23H,11-12H2,1-3H3/q+1/b20-13+. The molecule has 0 radical (unpaired) electrons. The van der Waals surface area contributed by atoms with Crippen molar-refractivity contribution in [3.63, 3.8) is 0 Å². The van der Waals surface area contributed by atoms with Crippen molar-refractivity contribution in [2.75, 3.05) is 12.1 Å². The molecule has 134 valence electrons. The maximum atomic E-state index is 11.7. The molecule has 1 aliphatic rings. The molecule has 1 aromatic rings. The number of nitrogens with zero attached hydrogens (tertiary/aromatic N) is 1. The average Bonchev–Trinajstić information content (AvgIpc) is 2.58. The molecule has 7 heteroatoms. The third-order valence-corrected chi connectivity index (χ3v) is 3.25. The van der Waals surface area contributed by atoms with E-state index in [1.54, 1.807) is 63.3 Å². The van der Waals surface area contributed by atoms with Crippen molar-refractivity contribution in [3.8, 4) is 0 Å². The zero-order valence-corrected chi connectivity index (χ0v) is 14.5. The smallest absolute Gasteiger partial charge is 0.344 e. The summed E-state index contributed by atoms with van der Waals surface area (Å²) < 4.78 is 11.6. The Morgan fingerprint density at radius 2 is 2.04 bits per heavy atom. The van der Waals surface area contributed by atoms with Crippen LogP contribution in [0.1, 0.15) is 27.2 Å². The summed E-state index contributed by atoms with van der Waals surface area (Å²) in [5, 5.41) is 19.6. The topological polar surface area (TPSA) is 91.0 Å². The number of hydrogen-bond donors (Lipinski definition) is 3. The highest BCUT2D eigenvalue weighted by Crippen LogP contribution is 2.24. The van der Waals surface area contributed by atoms with E-state index < -0.39 is 11.6 Å². The Bertz CT molecular complexity index is 729. The Morgan fingerprint density at radius 1 is 1.32 bits per heavy atom. The molecule has 1 aromatic carbocycles. The van der Waals surface area contributed by atoms with Crippen molar-refractivity contribution in [1.29, 1.82) is 0 Å². The number of benzene rings is 1. The molecule has 0 spiro atoms. The third kappa shape index (κ3) is 5.36. The molecule has 2 rings (SSSR count). The molecule has 0 unspecified atom stereocenters. The number of carbonyl (C=O) groups is 1. The highest BCUT2D eigenvalue weighted by Gasteiger charge is 2.23. The lowest BCUT2D eigenvalue weighted by Crippen LogP contribution is -2.26. The van der Waals surface area contributed by atoms with Crippen LogP contribution in [0.2, 0.25) is 0 Å². The van der Waals surface area contributed by atoms with Gasteiger partial charge in [-0.25, -0.2) is 4.79 Å². The largest absolute Gasteiger partial charge is 0.486 e. The lowest BCUT2D eigenvalue weighted by atomic mass is 10.1. The van der Waals surface area contributed by atoms with E-state index in [9.17, 15) is 10.0 Å². The molecule has 0 aliphatic heterocycles. The third-order valence-electron chi connectivity index (χ3n) is 3.25. The van der Waals surface area contributed by atoms with Crippen LogP contribution in [0, 0.1) is 0 Å².